The van der Waals surface area contributed by atoms with Crippen molar-refractivity contribution in [2.24, 2.45) is 0 Å². The molecule has 3 rings (SSSR count). The van der Waals surface area contributed by atoms with Gasteiger partial charge in [-0.05, 0) is 48.6 Å². The van der Waals surface area contributed by atoms with Gasteiger partial charge in [0.1, 0.15) is 0 Å². The summed E-state index contributed by atoms with van der Waals surface area (Å²) in [6.45, 7) is 0.680. The Kier molecular flexibility index (Phi) is 4.06. The van der Waals surface area contributed by atoms with E-state index >= 15 is 0 Å². The highest BCUT2D eigenvalue weighted by molar-refractivity contribution is 6.33. The van der Waals surface area contributed by atoms with Crippen molar-refractivity contribution in [3.05, 3.63) is 57.3 Å². The standard InChI is InChI=1S/C16H17Cl2NO/c17-13-5-6-15(18)12(7-13)9-19-8-11-3-1-2-4-16(20)14(11)10-19/h5-8,10,16,20H,1-4,9H2. The second kappa shape index (κ2) is 5.80. The minimum absolute atomic E-state index is 0.330. The molecule has 106 valence electrons. The number of nitrogens with zero attached hydrogens (tertiary/aromatic N) is 1. The van der Waals surface area contributed by atoms with Crippen LogP contribution in [0.25, 0.3) is 0 Å². The van der Waals surface area contributed by atoms with E-state index in [9.17, 15) is 5.11 Å². The van der Waals surface area contributed by atoms with Gasteiger partial charge in [-0.15, -0.1) is 0 Å². The molecule has 1 aliphatic carbocycles. The molecule has 1 heterocycles. The van der Waals surface area contributed by atoms with Gasteiger partial charge in [0.25, 0.3) is 0 Å². The Morgan fingerprint density at radius 3 is 2.90 bits per heavy atom. The van der Waals surface area contributed by atoms with Gasteiger partial charge in [-0.3, -0.25) is 0 Å². The Balaban J connectivity index is 1.88. The van der Waals surface area contributed by atoms with E-state index in [1.165, 1.54) is 5.56 Å². The number of rotatable bonds is 2. The van der Waals surface area contributed by atoms with Crippen molar-refractivity contribution in [2.45, 2.75) is 38.3 Å². The molecule has 0 radical (unpaired) electrons. The maximum Gasteiger partial charge on any atom is 0.0807 e. The van der Waals surface area contributed by atoms with E-state index in [1.54, 1.807) is 6.07 Å². The van der Waals surface area contributed by atoms with Crippen LogP contribution in [-0.4, -0.2) is 9.67 Å². The maximum atomic E-state index is 10.2. The van der Waals surface area contributed by atoms with Crippen molar-refractivity contribution in [3.8, 4) is 0 Å². The van der Waals surface area contributed by atoms with Crippen LogP contribution >= 0.6 is 23.2 Å². The van der Waals surface area contributed by atoms with Crippen LogP contribution in [0.2, 0.25) is 10.0 Å². The number of aromatic nitrogens is 1. The van der Waals surface area contributed by atoms with E-state index in [0.29, 0.717) is 11.6 Å². The summed E-state index contributed by atoms with van der Waals surface area (Å²) in [7, 11) is 0. The summed E-state index contributed by atoms with van der Waals surface area (Å²) in [5.74, 6) is 0. The first-order valence-electron chi connectivity index (χ1n) is 6.94. The van der Waals surface area contributed by atoms with Crippen LogP contribution in [0.5, 0.6) is 0 Å². The van der Waals surface area contributed by atoms with Crippen molar-refractivity contribution in [2.75, 3.05) is 0 Å². The van der Waals surface area contributed by atoms with Crippen molar-refractivity contribution < 1.29 is 5.11 Å². The van der Waals surface area contributed by atoms with Gasteiger partial charge in [0.15, 0.2) is 0 Å². The summed E-state index contributed by atoms with van der Waals surface area (Å²) < 4.78 is 2.09. The van der Waals surface area contributed by atoms with E-state index in [0.717, 1.165) is 41.8 Å². The predicted octanol–water partition coefficient (Wildman–Crippen LogP) is 4.60. The monoisotopic (exact) mass is 309 g/mol. The third kappa shape index (κ3) is 2.88. The summed E-state index contributed by atoms with van der Waals surface area (Å²) in [4.78, 5) is 0. The Hall–Kier alpha value is -0.960. The van der Waals surface area contributed by atoms with Crippen molar-refractivity contribution in [3.63, 3.8) is 0 Å². The molecule has 1 aromatic heterocycles. The molecule has 1 aromatic carbocycles. The number of benzene rings is 1. The number of fused-ring (bicyclic) bond motifs is 1. The molecule has 1 N–H and O–H groups in total. The molecule has 4 heteroatoms. The first-order valence-corrected chi connectivity index (χ1v) is 7.69. The van der Waals surface area contributed by atoms with Crippen LogP contribution in [0.1, 0.15) is 42.1 Å². The molecule has 0 bridgehead atoms. The quantitative estimate of drug-likeness (QED) is 0.806. The first-order chi connectivity index (χ1) is 9.63. The summed E-state index contributed by atoms with van der Waals surface area (Å²) in [6.07, 6.45) is 7.98. The zero-order valence-electron chi connectivity index (χ0n) is 11.1. The van der Waals surface area contributed by atoms with Crippen LogP contribution < -0.4 is 0 Å². The normalized spacial score (nSPS) is 18.6. The fraction of sp³-hybridized carbons (Fsp3) is 0.375. The van der Waals surface area contributed by atoms with Crippen molar-refractivity contribution in [1.29, 1.82) is 0 Å². The Morgan fingerprint density at radius 1 is 1.20 bits per heavy atom. The topological polar surface area (TPSA) is 25.2 Å². The smallest absolute Gasteiger partial charge is 0.0807 e. The third-order valence-electron chi connectivity index (χ3n) is 3.89. The molecule has 0 saturated carbocycles. The van der Waals surface area contributed by atoms with Crippen molar-refractivity contribution >= 4 is 23.2 Å². The fourth-order valence-corrected chi connectivity index (χ4v) is 3.22. The number of hydrogen-bond donors (Lipinski definition) is 1. The minimum Gasteiger partial charge on any atom is -0.388 e. The highest BCUT2D eigenvalue weighted by Gasteiger charge is 2.18. The molecule has 0 spiro atoms. The van der Waals surface area contributed by atoms with Crippen LogP contribution in [-0.2, 0) is 13.0 Å². The van der Waals surface area contributed by atoms with Crippen molar-refractivity contribution in [1.82, 2.24) is 4.57 Å². The van der Waals surface area contributed by atoms with Gasteiger partial charge in [-0.1, -0.05) is 29.6 Å². The summed E-state index contributed by atoms with van der Waals surface area (Å²) >= 11 is 12.2. The molecule has 20 heavy (non-hydrogen) atoms. The van der Waals surface area contributed by atoms with Crippen LogP contribution in [0, 0.1) is 0 Å². The van der Waals surface area contributed by atoms with Gasteiger partial charge >= 0.3 is 0 Å². The minimum atomic E-state index is -0.330. The average molecular weight is 310 g/mol. The number of hydrogen-bond acceptors (Lipinski definition) is 1. The summed E-state index contributed by atoms with van der Waals surface area (Å²) in [5.41, 5.74) is 3.33. The van der Waals surface area contributed by atoms with E-state index in [1.807, 2.05) is 18.3 Å². The van der Waals surface area contributed by atoms with E-state index in [4.69, 9.17) is 23.2 Å². The zero-order chi connectivity index (χ0) is 14.1. The Morgan fingerprint density at radius 2 is 2.05 bits per heavy atom. The lowest BCUT2D eigenvalue weighted by Gasteiger charge is -2.08. The lowest BCUT2D eigenvalue weighted by Crippen LogP contribution is -1.99. The van der Waals surface area contributed by atoms with E-state index in [2.05, 4.69) is 10.8 Å². The second-order valence-electron chi connectivity index (χ2n) is 5.41. The molecular weight excluding hydrogens is 293 g/mol. The zero-order valence-corrected chi connectivity index (χ0v) is 12.7. The van der Waals surface area contributed by atoms with Gasteiger partial charge < -0.3 is 9.67 Å². The lowest BCUT2D eigenvalue weighted by atomic mass is 10.1. The number of aliphatic hydroxyl groups is 1. The van der Waals surface area contributed by atoms with Crippen LogP contribution in [0.4, 0.5) is 0 Å². The molecule has 0 saturated heterocycles. The Bertz CT molecular complexity index is 621. The molecule has 0 amide bonds. The second-order valence-corrected chi connectivity index (χ2v) is 6.25. The highest BCUT2D eigenvalue weighted by atomic mass is 35.5. The average Bonchev–Trinajstić information content (AvgIpc) is 2.74. The third-order valence-corrected chi connectivity index (χ3v) is 4.49. The predicted molar refractivity (Wildman–Crippen MR) is 82.5 cm³/mol. The molecule has 1 aliphatic rings. The summed E-state index contributed by atoms with van der Waals surface area (Å²) in [5, 5.41) is 11.6. The fourth-order valence-electron chi connectivity index (χ4n) is 2.84. The summed E-state index contributed by atoms with van der Waals surface area (Å²) in [6, 6.07) is 5.51. The molecule has 1 unspecified atom stereocenters. The molecule has 1 atom stereocenters. The van der Waals surface area contributed by atoms with Gasteiger partial charge in [0.2, 0.25) is 0 Å². The number of aryl methyl sites for hydroxylation is 1. The number of halogens is 2. The highest BCUT2D eigenvalue weighted by Crippen LogP contribution is 2.30. The van der Waals surface area contributed by atoms with Gasteiger partial charge in [0.05, 0.1) is 6.10 Å². The molecule has 0 aliphatic heterocycles. The van der Waals surface area contributed by atoms with E-state index in [-0.39, 0.29) is 6.10 Å². The van der Waals surface area contributed by atoms with Crippen LogP contribution in [0.15, 0.2) is 30.6 Å². The molecule has 2 nitrogen and oxygen atoms in total. The maximum absolute atomic E-state index is 10.2. The first kappa shape index (κ1) is 14.0. The molecule has 0 fully saturated rings. The Labute approximate surface area is 128 Å². The largest absolute Gasteiger partial charge is 0.388 e. The lowest BCUT2D eigenvalue weighted by molar-refractivity contribution is 0.166. The number of aliphatic hydroxyl groups excluding tert-OH is 1. The molecule has 2 aromatic rings. The van der Waals surface area contributed by atoms with Gasteiger partial charge in [-0.25, -0.2) is 0 Å². The molecular formula is C16H17Cl2NO. The SMILES string of the molecule is OC1CCCCc2cn(Cc3cc(Cl)ccc3Cl)cc21. The van der Waals surface area contributed by atoms with E-state index < -0.39 is 0 Å². The van der Waals surface area contributed by atoms with Crippen LogP contribution in [0.3, 0.4) is 0 Å². The van der Waals surface area contributed by atoms with Gasteiger partial charge in [-0.2, -0.15) is 0 Å². The van der Waals surface area contributed by atoms with Gasteiger partial charge in [0, 0.05) is 34.5 Å².